The summed E-state index contributed by atoms with van der Waals surface area (Å²) in [4.78, 5) is 12.3. The molecule has 7 heteroatoms. The van der Waals surface area contributed by atoms with Crippen molar-refractivity contribution in [2.45, 2.75) is 38.9 Å². The number of aryl methyl sites for hydroxylation is 1. The molecule has 0 spiro atoms. The molecule has 0 radical (unpaired) electrons. The number of benzene rings is 1. The number of hydrogen-bond donors (Lipinski definition) is 2. The summed E-state index contributed by atoms with van der Waals surface area (Å²) in [6, 6.07) is 7.22. The first-order chi connectivity index (χ1) is 11.3. The van der Waals surface area contributed by atoms with Gasteiger partial charge in [0.25, 0.3) is 5.91 Å². The van der Waals surface area contributed by atoms with Gasteiger partial charge in [0, 0.05) is 17.4 Å². The molecule has 24 heavy (non-hydrogen) atoms. The number of nitrogens with one attached hydrogen (secondary N) is 2. The Morgan fingerprint density at radius 2 is 1.88 bits per heavy atom. The Kier molecular flexibility index (Phi) is 4.03. The lowest BCUT2D eigenvalue weighted by Crippen LogP contribution is -2.30. The first-order valence-corrected chi connectivity index (χ1v) is 7.70. The second-order valence-corrected chi connectivity index (χ2v) is 6.01. The highest BCUT2D eigenvalue weighted by Gasteiger charge is 2.33. The molecule has 1 aromatic carbocycles. The molecule has 0 bridgehead atoms. The Labute approximate surface area is 137 Å². The number of para-hydroxylation sites is 1. The normalized spacial score (nSPS) is 14.5. The SMILES string of the molecule is Cc1cc(C(=O)NNc2ccccc2C(F)(F)F)c(C)n1C1CC1. The largest absolute Gasteiger partial charge is 0.418 e. The molecule has 4 nitrogen and oxygen atoms in total. The van der Waals surface area contributed by atoms with Crippen molar-refractivity contribution in [2.75, 3.05) is 5.43 Å². The topological polar surface area (TPSA) is 46.1 Å². The van der Waals surface area contributed by atoms with Crippen LogP contribution in [0.3, 0.4) is 0 Å². The van der Waals surface area contributed by atoms with E-state index in [-0.39, 0.29) is 5.69 Å². The van der Waals surface area contributed by atoms with Crippen molar-refractivity contribution in [1.29, 1.82) is 0 Å². The Balaban J connectivity index is 1.77. The number of halogens is 3. The lowest BCUT2D eigenvalue weighted by Gasteiger charge is -2.15. The van der Waals surface area contributed by atoms with Gasteiger partial charge in [-0.1, -0.05) is 12.1 Å². The predicted molar refractivity (Wildman–Crippen MR) is 84.7 cm³/mol. The summed E-state index contributed by atoms with van der Waals surface area (Å²) in [7, 11) is 0. The van der Waals surface area contributed by atoms with Crippen molar-refractivity contribution in [1.82, 2.24) is 9.99 Å². The Bertz CT molecular complexity index is 776. The molecular weight excluding hydrogens is 319 g/mol. The second kappa shape index (κ2) is 5.89. The molecule has 1 aliphatic carbocycles. The summed E-state index contributed by atoms with van der Waals surface area (Å²) in [5.41, 5.74) is 6.03. The molecule has 1 aliphatic rings. The van der Waals surface area contributed by atoms with Crippen LogP contribution in [0.1, 0.15) is 46.2 Å². The number of hydrazine groups is 1. The van der Waals surface area contributed by atoms with Gasteiger partial charge in [0.1, 0.15) is 0 Å². The maximum atomic E-state index is 13.0. The van der Waals surface area contributed by atoms with Gasteiger partial charge < -0.3 is 4.57 Å². The zero-order chi connectivity index (χ0) is 17.5. The number of carbonyl (C=O) groups excluding carboxylic acids is 1. The van der Waals surface area contributed by atoms with Crippen LogP contribution in [0.25, 0.3) is 0 Å². The predicted octanol–water partition coefficient (Wildman–Crippen LogP) is 4.22. The van der Waals surface area contributed by atoms with E-state index in [4.69, 9.17) is 0 Å². The number of hydrogen-bond acceptors (Lipinski definition) is 2. The third-order valence-electron chi connectivity index (χ3n) is 4.18. The van der Waals surface area contributed by atoms with Crippen LogP contribution in [-0.4, -0.2) is 10.5 Å². The molecule has 0 atom stereocenters. The highest BCUT2D eigenvalue weighted by atomic mass is 19.4. The summed E-state index contributed by atoms with van der Waals surface area (Å²) in [5.74, 6) is -0.452. The van der Waals surface area contributed by atoms with Crippen molar-refractivity contribution in [3.63, 3.8) is 0 Å². The maximum Gasteiger partial charge on any atom is 0.418 e. The molecule has 1 saturated carbocycles. The highest BCUT2D eigenvalue weighted by molar-refractivity contribution is 5.96. The van der Waals surface area contributed by atoms with E-state index in [0.717, 1.165) is 30.3 Å². The summed E-state index contributed by atoms with van der Waals surface area (Å²) in [6.07, 6.45) is -2.31. The van der Waals surface area contributed by atoms with Crippen molar-refractivity contribution in [3.8, 4) is 0 Å². The van der Waals surface area contributed by atoms with E-state index in [1.807, 2.05) is 13.8 Å². The number of alkyl halides is 3. The van der Waals surface area contributed by atoms with E-state index in [1.54, 1.807) is 6.07 Å². The van der Waals surface area contributed by atoms with Crippen LogP contribution < -0.4 is 10.9 Å². The molecular formula is C17H18F3N3O. The lowest BCUT2D eigenvalue weighted by atomic mass is 10.2. The van der Waals surface area contributed by atoms with Gasteiger partial charge in [-0.25, -0.2) is 0 Å². The second-order valence-electron chi connectivity index (χ2n) is 6.01. The zero-order valence-corrected chi connectivity index (χ0v) is 13.4. The van der Waals surface area contributed by atoms with Crippen LogP contribution in [0.2, 0.25) is 0 Å². The van der Waals surface area contributed by atoms with Gasteiger partial charge in [0.2, 0.25) is 0 Å². The molecule has 0 unspecified atom stereocenters. The van der Waals surface area contributed by atoms with E-state index in [0.29, 0.717) is 11.6 Å². The van der Waals surface area contributed by atoms with E-state index in [1.165, 1.54) is 18.2 Å². The van der Waals surface area contributed by atoms with E-state index in [9.17, 15) is 18.0 Å². The highest BCUT2D eigenvalue weighted by Crippen LogP contribution is 2.38. The molecule has 0 aliphatic heterocycles. The number of aromatic nitrogens is 1. The fourth-order valence-corrected chi connectivity index (χ4v) is 2.93. The molecule has 1 amide bonds. The summed E-state index contributed by atoms with van der Waals surface area (Å²) in [5, 5.41) is 0. The minimum absolute atomic E-state index is 0.186. The zero-order valence-electron chi connectivity index (χ0n) is 13.4. The number of rotatable bonds is 4. The van der Waals surface area contributed by atoms with Crippen LogP contribution in [0, 0.1) is 13.8 Å². The standard InChI is InChI=1S/C17H18F3N3O/c1-10-9-13(11(2)23(10)12-7-8-12)16(24)22-21-15-6-4-3-5-14(15)17(18,19)20/h3-6,9,12,21H,7-8H2,1-2H3,(H,22,24). The third-order valence-corrected chi connectivity index (χ3v) is 4.18. The quantitative estimate of drug-likeness (QED) is 0.821. The van der Waals surface area contributed by atoms with Gasteiger partial charge >= 0.3 is 6.18 Å². The lowest BCUT2D eigenvalue weighted by molar-refractivity contribution is -0.137. The molecule has 1 fully saturated rings. The van der Waals surface area contributed by atoms with Crippen molar-refractivity contribution >= 4 is 11.6 Å². The average molecular weight is 337 g/mol. The monoisotopic (exact) mass is 337 g/mol. The first-order valence-electron chi connectivity index (χ1n) is 7.70. The van der Waals surface area contributed by atoms with Gasteiger partial charge in [-0.3, -0.25) is 15.6 Å². The van der Waals surface area contributed by atoms with Crippen LogP contribution in [0.4, 0.5) is 18.9 Å². The van der Waals surface area contributed by atoms with Crippen molar-refractivity contribution in [2.24, 2.45) is 0 Å². The number of nitrogens with zero attached hydrogens (tertiary/aromatic N) is 1. The molecule has 128 valence electrons. The molecule has 1 heterocycles. The number of anilines is 1. The summed E-state index contributed by atoms with van der Waals surface area (Å²) in [6.45, 7) is 3.78. The number of amides is 1. The van der Waals surface area contributed by atoms with Crippen LogP contribution in [0.5, 0.6) is 0 Å². The van der Waals surface area contributed by atoms with E-state index < -0.39 is 17.6 Å². The van der Waals surface area contributed by atoms with Gasteiger partial charge in [-0.15, -0.1) is 0 Å². The fraction of sp³-hybridized carbons (Fsp3) is 0.353. The molecule has 1 aromatic heterocycles. The van der Waals surface area contributed by atoms with Gasteiger partial charge in [-0.05, 0) is 44.9 Å². The number of carbonyl (C=O) groups is 1. The minimum atomic E-state index is -4.49. The van der Waals surface area contributed by atoms with Gasteiger partial charge in [-0.2, -0.15) is 13.2 Å². The molecule has 2 N–H and O–H groups in total. The van der Waals surface area contributed by atoms with Gasteiger partial charge in [0.05, 0.1) is 16.8 Å². The maximum absolute atomic E-state index is 13.0. The summed E-state index contributed by atoms with van der Waals surface area (Å²) >= 11 is 0. The summed E-state index contributed by atoms with van der Waals surface area (Å²) < 4.78 is 41.0. The van der Waals surface area contributed by atoms with Crippen LogP contribution in [0.15, 0.2) is 30.3 Å². The van der Waals surface area contributed by atoms with Crippen molar-refractivity contribution in [3.05, 3.63) is 52.8 Å². The Morgan fingerprint density at radius 3 is 2.50 bits per heavy atom. The van der Waals surface area contributed by atoms with Crippen molar-refractivity contribution < 1.29 is 18.0 Å². The minimum Gasteiger partial charge on any atom is -0.345 e. The molecule has 2 aromatic rings. The third kappa shape index (κ3) is 3.11. The Hall–Kier alpha value is -2.44. The fourth-order valence-electron chi connectivity index (χ4n) is 2.93. The average Bonchev–Trinajstić information content (AvgIpc) is 3.30. The smallest absolute Gasteiger partial charge is 0.345 e. The van der Waals surface area contributed by atoms with Gasteiger partial charge in [0.15, 0.2) is 0 Å². The first kappa shape index (κ1) is 16.4. The van der Waals surface area contributed by atoms with Crippen LogP contribution >= 0.6 is 0 Å². The molecule has 3 rings (SSSR count). The van der Waals surface area contributed by atoms with E-state index >= 15 is 0 Å². The molecule has 0 saturated heterocycles. The van der Waals surface area contributed by atoms with E-state index in [2.05, 4.69) is 15.4 Å². The Morgan fingerprint density at radius 1 is 1.21 bits per heavy atom. The van der Waals surface area contributed by atoms with Crippen LogP contribution in [-0.2, 0) is 6.18 Å².